The van der Waals surface area contributed by atoms with E-state index in [2.05, 4.69) is 20.4 Å². The number of H-pyrrole nitrogens is 1. The number of fused-ring (bicyclic) bond motifs is 1. The average Bonchev–Trinajstić information content (AvgIpc) is 2.87. The number of aryl methyl sites for hydroxylation is 1. The molecule has 3 aromatic rings. The van der Waals surface area contributed by atoms with Gasteiger partial charge in [0.15, 0.2) is 0 Å². The van der Waals surface area contributed by atoms with Crippen molar-refractivity contribution < 1.29 is 4.79 Å². The fourth-order valence-corrected chi connectivity index (χ4v) is 1.93. The van der Waals surface area contributed by atoms with Gasteiger partial charge in [0.2, 0.25) is 5.78 Å². The fraction of sp³-hybridized carbons (Fsp3) is 0.0769. The Hall–Kier alpha value is -2.96. The number of nitrogens with one attached hydrogen (secondary N) is 2. The molecule has 0 radical (unpaired) electrons. The molecule has 100 valence electrons. The number of amides is 1. The fourth-order valence-electron chi connectivity index (χ4n) is 1.93. The number of hydrogen-bond acceptors (Lipinski definition) is 4. The van der Waals surface area contributed by atoms with Crippen LogP contribution < -0.4 is 10.9 Å². The van der Waals surface area contributed by atoms with Crippen molar-refractivity contribution in [1.29, 1.82) is 0 Å². The number of anilines is 1. The maximum absolute atomic E-state index is 12.2. The van der Waals surface area contributed by atoms with Crippen LogP contribution in [0.4, 0.5) is 5.82 Å². The second kappa shape index (κ2) is 4.61. The summed E-state index contributed by atoms with van der Waals surface area (Å²) in [6, 6.07) is 8.46. The maximum atomic E-state index is 12.2. The van der Waals surface area contributed by atoms with Crippen LogP contribution in [0.1, 0.15) is 15.9 Å². The van der Waals surface area contributed by atoms with Crippen molar-refractivity contribution in [2.45, 2.75) is 6.92 Å². The standard InChI is InChI=1S/C13H11N5O2/c1-8-4-2-3-5-9(8)12(20)16-10-6-11(19)17-13-14-7-15-18(10)13/h2-7H,1H3,(H,16,20)(H,14,15,17,19). The molecular formula is C13H11N5O2. The summed E-state index contributed by atoms with van der Waals surface area (Å²) in [5.74, 6) is 0.248. The summed E-state index contributed by atoms with van der Waals surface area (Å²) in [6.45, 7) is 1.85. The molecule has 0 spiro atoms. The molecule has 0 fully saturated rings. The molecule has 20 heavy (non-hydrogen) atoms. The first kappa shape index (κ1) is 12.1. The summed E-state index contributed by atoms with van der Waals surface area (Å²) in [7, 11) is 0. The molecule has 0 saturated heterocycles. The van der Waals surface area contributed by atoms with E-state index in [1.54, 1.807) is 12.1 Å². The molecule has 0 atom stereocenters. The van der Waals surface area contributed by atoms with Gasteiger partial charge >= 0.3 is 0 Å². The summed E-state index contributed by atoms with van der Waals surface area (Å²) >= 11 is 0. The number of aromatic amines is 1. The highest BCUT2D eigenvalue weighted by Crippen LogP contribution is 2.11. The minimum atomic E-state index is -0.356. The van der Waals surface area contributed by atoms with Crippen LogP contribution in [0.2, 0.25) is 0 Å². The molecule has 1 amide bonds. The van der Waals surface area contributed by atoms with Crippen LogP contribution in [0.5, 0.6) is 0 Å². The lowest BCUT2D eigenvalue weighted by atomic mass is 10.1. The minimum Gasteiger partial charge on any atom is -0.306 e. The third-order valence-corrected chi connectivity index (χ3v) is 2.91. The highest BCUT2D eigenvalue weighted by Gasteiger charge is 2.12. The number of hydrogen-bond donors (Lipinski definition) is 2. The van der Waals surface area contributed by atoms with Crippen LogP contribution in [0.15, 0.2) is 41.5 Å². The number of benzene rings is 1. The van der Waals surface area contributed by atoms with Crippen molar-refractivity contribution in [3.05, 3.63) is 58.1 Å². The number of aromatic nitrogens is 4. The number of rotatable bonds is 2. The van der Waals surface area contributed by atoms with Crippen LogP contribution >= 0.6 is 0 Å². The van der Waals surface area contributed by atoms with Crippen LogP contribution in [-0.2, 0) is 0 Å². The Bertz CT molecular complexity index is 849. The lowest BCUT2D eigenvalue weighted by Gasteiger charge is -2.08. The summed E-state index contributed by atoms with van der Waals surface area (Å²) < 4.78 is 1.36. The first-order chi connectivity index (χ1) is 9.65. The van der Waals surface area contributed by atoms with Crippen molar-refractivity contribution >= 4 is 17.5 Å². The zero-order chi connectivity index (χ0) is 14.1. The zero-order valence-corrected chi connectivity index (χ0v) is 10.6. The number of nitrogens with zero attached hydrogens (tertiary/aromatic N) is 3. The first-order valence-electron chi connectivity index (χ1n) is 5.95. The van der Waals surface area contributed by atoms with E-state index in [9.17, 15) is 9.59 Å². The summed E-state index contributed by atoms with van der Waals surface area (Å²) in [4.78, 5) is 30.1. The third-order valence-electron chi connectivity index (χ3n) is 2.91. The first-order valence-corrected chi connectivity index (χ1v) is 5.95. The molecule has 2 heterocycles. The van der Waals surface area contributed by atoms with Gasteiger partial charge < -0.3 is 5.32 Å². The number of carbonyl (C=O) groups excluding carboxylic acids is 1. The van der Waals surface area contributed by atoms with Gasteiger partial charge in [0.25, 0.3) is 11.5 Å². The van der Waals surface area contributed by atoms with Crippen molar-refractivity contribution in [3.8, 4) is 0 Å². The van der Waals surface area contributed by atoms with Gasteiger partial charge in [-0.25, -0.2) is 0 Å². The van der Waals surface area contributed by atoms with E-state index in [-0.39, 0.29) is 23.1 Å². The lowest BCUT2D eigenvalue weighted by Crippen LogP contribution is -2.19. The van der Waals surface area contributed by atoms with Crippen molar-refractivity contribution in [2.24, 2.45) is 0 Å². The predicted octanol–water partition coefficient (Wildman–Crippen LogP) is 0.978. The van der Waals surface area contributed by atoms with Crippen LogP contribution in [0.3, 0.4) is 0 Å². The molecule has 2 N–H and O–H groups in total. The van der Waals surface area contributed by atoms with Gasteiger partial charge in [0.05, 0.1) is 0 Å². The summed E-state index contributed by atoms with van der Waals surface area (Å²) in [5.41, 5.74) is 1.04. The Morgan fingerprint density at radius 2 is 2.15 bits per heavy atom. The largest absolute Gasteiger partial charge is 0.306 e. The Kier molecular flexibility index (Phi) is 2.79. The van der Waals surface area contributed by atoms with E-state index in [1.165, 1.54) is 16.9 Å². The summed E-state index contributed by atoms with van der Waals surface area (Å²) in [5, 5.41) is 6.62. The lowest BCUT2D eigenvalue weighted by molar-refractivity contribution is 0.102. The second-order valence-corrected chi connectivity index (χ2v) is 4.28. The Balaban J connectivity index is 2.01. The van der Waals surface area contributed by atoms with Gasteiger partial charge in [0.1, 0.15) is 12.1 Å². The topological polar surface area (TPSA) is 92.1 Å². The molecule has 0 aliphatic rings. The van der Waals surface area contributed by atoms with Crippen LogP contribution in [-0.4, -0.2) is 25.5 Å². The number of carbonyl (C=O) groups is 1. The third kappa shape index (κ3) is 2.05. The normalized spacial score (nSPS) is 10.7. The molecule has 2 aromatic heterocycles. The zero-order valence-electron chi connectivity index (χ0n) is 10.6. The smallest absolute Gasteiger partial charge is 0.257 e. The van der Waals surface area contributed by atoms with Gasteiger partial charge in [-0.1, -0.05) is 18.2 Å². The van der Waals surface area contributed by atoms with Crippen molar-refractivity contribution in [2.75, 3.05) is 5.32 Å². The molecule has 1 aromatic carbocycles. The van der Waals surface area contributed by atoms with E-state index in [0.717, 1.165) is 5.56 Å². The predicted molar refractivity (Wildman–Crippen MR) is 72.7 cm³/mol. The van der Waals surface area contributed by atoms with Crippen molar-refractivity contribution in [1.82, 2.24) is 19.6 Å². The van der Waals surface area contributed by atoms with E-state index >= 15 is 0 Å². The molecule has 0 unspecified atom stereocenters. The molecule has 0 saturated carbocycles. The van der Waals surface area contributed by atoms with Crippen molar-refractivity contribution in [3.63, 3.8) is 0 Å². The Morgan fingerprint density at radius 3 is 2.95 bits per heavy atom. The quantitative estimate of drug-likeness (QED) is 0.725. The molecule has 7 nitrogen and oxygen atoms in total. The van der Waals surface area contributed by atoms with E-state index < -0.39 is 0 Å². The minimum absolute atomic E-state index is 0.273. The molecule has 0 bridgehead atoms. The maximum Gasteiger partial charge on any atom is 0.257 e. The van der Waals surface area contributed by atoms with Gasteiger partial charge in [-0.15, -0.1) is 0 Å². The molecular weight excluding hydrogens is 258 g/mol. The van der Waals surface area contributed by atoms with E-state index in [1.807, 2.05) is 19.1 Å². The molecule has 0 aliphatic carbocycles. The molecule has 3 rings (SSSR count). The highest BCUT2D eigenvalue weighted by molar-refractivity contribution is 6.04. The molecule has 0 aliphatic heterocycles. The van der Waals surface area contributed by atoms with Gasteiger partial charge in [-0.3, -0.25) is 14.6 Å². The van der Waals surface area contributed by atoms with E-state index in [4.69, 9.17) is 0 Å². The average molecular weight is 269 g/mol. The monoisotopic (exact) mass is 269 g/mol. The van der Waals surface area contributed by atoms with Gasteiger partial charge in [0, 0.05) is 11.6 Å². The Labute approximate surface area is 113 Å². The highest BCUT2D eigenvalue weighted by atomic mass is 16.2. The van der Waals surface area contributed by atoms with E-state index in [0.29, 0.717) is 5.56 Å². The van der Waals surface area contributed by atoms with Crippen LogP contribution in [0.25, 0.3) is 5.78 Å². The van der Waals surface area contributed by atoms with Gasteiger partial charge in [-0.05, 0) is 18.6 Å². The van der Waals surface area contributed by atoms with Gasteiger partial charge in [-0.2, -0.15) is 14.6 Å². The SMILES string of the molecule is Cc1ccccc1C(=O)Nc1cc(=O)[nH]c2ncnn12. The molecule has 7 heteroatoms. The van der Waals surface area contributed by atoms with Crippen LogP contribution in [0, 0.1) is 6.92 Å². The second-order valence-electron chi connectivity index (χ2n) is 4.28. The summed E-state index contributed by atoms with van der Waals surface area (Å²) in [6.07, 6.45) is 1.30. The Morgan fingerprint density at radius 1 is 1.35 bits per heavy atom.